The van der Waals surface area contributed by atoms with Gasteiger partial charge in [-0.15, -0.1) is 21.5 Å². The number of aromatic nitrogens is 4. The van der Waals surface area contributed by atoms with E-state index in [1.165, 1.54) is 4.80 Å². The number of carbonyl (C=O) groups excluding carboxylic acids is 1. The third-order valence-electron chi connectivity index (χ3n) is 4.64. The lowest BCUT2D eigenvalue weighted by molar-refractivity contribution is -0.134. The Morgan fingerprint density at radius 2 is 2.04 bits per heavy atom. The van der Waals surface area contributed by atoms with Crippen molar-refractivity contribution >= 4 is 27.1 Å². The summed E-state index contributed by atoms with van der Waals surface area (Å²) in [6.45, 7) is 0.304. The van der Waals surface area contributed by atoms with E-state index in [1.54, 1.807) is 16.2 Å². The molecule has 1 aromatic carbocycles. The van der Waals surface area contributed by atoms with E-state index in [1.807, 2.05) is 47.8 Å². The zero-order valence-corrected chi connectivity index (χ0v) is 16.6. The van der Waals surface area contributed by atoms with E-state index in [0.29, 0.717) is 18.8 Å². The highest BCUT2D eigenvalue weighted by Gasteiger charge is 2.35. The third-order valence-corrected chi connectivity index (χ3v) is 7.25. The van der Waals surface area contributed by atoms with Crippen LogP contribution in [-0.4, -0.2) is 57.0 Å². The van der Waals surface area contributed by atoms with Crippen LogP contribution in [0.25, 0.3) is 11.4 Å². The van der Waals surface area contributed by atoms with Crippen LogP contribution in [0.4, 0.5) is 0 Å². The topological polar surface area (TPSA) is 98.1 Å². The zero-order valence-electron chi connectivity index (χ0n) is 15.0. The molecule has 1 aliphatic heterocycles. The molecule has 1 unspecified atom stereocenters. The van der Waals surface area contributed by atoms with E-state index in [4.69, 9.17) is 0 Å². The van der Waals surface area contributed by atoms with Crippen LogP contribution in [0.1, 0.15) is 11.3 Å². The Hall–Kier alpha value is -2.59. The minimum atomic E-state index is -3.10. The number of tetrazole rings is 1. The smallest absolute Gasteiger partial charge is 0.246 e. The third kappa shape index (κ3) is 4.28. The highest BCUT2D eigenvalue weighted by Crippen LogP contribution is 2.22. The SMILES string of the molecule is O=C(Cn1nnc(-c2ccccc2)n1)N(Cc1cccs1)C1CCS(=O)(=O)C1. The van der Waals surface area contributed by atoms with Gasteiger partial charge in [0.2, 0.25) is 11.7 Å². The van der Waals surface area contributed by atoms with E-state index < -0.39 is 9.84 Å². The molecule has 28 heavy (non-hydrogen) atoms. The summed E-state index contributed by atoms with van der Waals surface area (Å²) in [4.78, 5) is 16.9. The number of hydrogen-bond donors (Lipinski definition) is 0. The Balaban J connectivity index is 1.51. The predicted octanol–water partition coefficient (Wildman–Crippen LogP) is 1.62. The van der Waals surface area contributed by atoms with Gasteiger partial charge in [-0.25, -0.2) is 8.42 Å². The van der Waals surface area contributed by atoms with Crippen molar-refractivity contribution < 1.29 is 13.2 Å². The summed E-state index contributed by atoms with van der Waals surface area (Å²) in [7, 11) is -3.10. The Morgan fingerprint density at radius 3 is 2.71 bits per heavy atom. The maximum atomic E-state index is 13.0. The van der Waals surface area contributed by atoms with Crippen molar-refractivity contribution in [2.24, 2.45) is 0 Å². The van der Waals surface area contributed by atoms with Crippen molar-refractivity contribution in [1.82, 2.24) is 25.1 Å². The van der Waals surface area contributed by atoms with Gasteiger partial charge in [-0.2, -0.15) is 4.80 Å². The standard InChI is InChI=1S/C18H19N5O3S2/c24-17(12-23-20-18(19-21-23)14-5-2-1-3-6-14)22(11-16-7-4-9-27-16)15-8-10-28(25,26)13-15/h1-7,9,15H,8,10-13H2. The van der Waals surface area contributed by atoms with Crippen molar-refractivity contribution in [1.29, 1.82) is 0 Å². The second kappa shape index (κ2) is 7.80. The quantitative estimate of drug-likeness (QED) is 0.604. The fraction of sp³-hybridized carbons (Fsp3) is 0.333. The van der Waals surface area contributed by atoms with E-state index in [9.17, 15) is 13.2 Å². The molecule has 0 aliphatic carbocycles. The summed E-state index contributed by atoms with van der Waals surface area (Å²) in [5, 5.41) is 14.2. The van der Waals surface area contributed by atoms with Gasteiger partial charge in [0.15, 0.2) is 9.84 Å². The second-order valence-corrected chi connectivity index (χ2v) is 9.93. The Kier molecular flexibility index (Phi) is 5.23. The van der Waals surface area contributed by atoms with Crippen LogP contribution in [0, 0.1) is 0 Å². The average molecular weight is 418 g/mol. The van der Waals surface area contributed by atoms with E-state index in [2.05, 4.69) is 15.4 Å². The molecule has 0 bridgehead atoms. The summed E-state index contributed by atoms with van der Waals surface area (Å²) < 4.78 is 23.8. The molecule has 1 fully saturated rings. The maximum Gasteiger partial charge on any atom is 0.246 e. The van der Waals surface area contributed by atoms with Gasteiger partial charge in [-0.3, -0.25) is 4.79 Å². The van der Waals surface area contributed by atoms with Crippen LogP contribution in [0.3, 0.4) is 0 Å². The number of rotatable bonds is 6. The summed E-state index contributed by atoms with van der Waals surface area (Å²) in [6, 6.07) is 12.9. The number of sulfone groups is 1. The Bertz CT molecular complexity index is 1050. The molecule has 10 heteroatoms. The van der Waals surface area contributed by atoms with Gasteiger partial charge in [-0.1, -0.05) is 36.4 Å². The van der Waals surface area contributed by atoms with Gasteiger partial charge in [0.25, 0.3) is 0 Å². The summed E-state index contributed by atoms with van der Waals surface area (Å²) in [6.07, 6.45) is 0.458. The first-order valence-corrected chi connectivity index (χ1v) is 11.6. The van der Waals surface area contributed by atoms with Crippen LogP contribution < -0.4 is 0 Å². The molecule has 0 radical (unpaired) electrons. The largest absolute Gasteiger partial charge is 0.332 e. The second-order valence-electron chi connectivity index (χ2n) is 6.67. The highest BCUT2D eigenvalue weighted by atomic mass is 32.2. The molecule has 3 heterocycles. The normalized spacial score (nSPS) is 18.2. The lowest BCUT2D eigenvalue weighted by atomic mass is 10.2. The van der Waals surface area contributed by atoms with Gasteiger partial charge < -0.3 is 4.90 Å². The molecule has 0 N–H and O–H groups in total. The number of thiophene rings is 1. The molecule has 1 saturated heterocycles. The van der Waals surface area contributed by atoms with Gasteiger partial charge in [-0.05, 0) is 23.1 Å². The number of hydrogen-bond acceptors (Lipinski definition) is 7. The van der Waals surface area contributed by atoms with Gasteiger partial charge in [0, 0.05) is 16.5 Å². The monoisotopic (exact) mass is 417 g/mol. The molecule has 8 nitrogen and oxygen atoms in total. The maximum absolute atomic E-state index is 13.0. The molecule has 3 aromatic rings. The van der Waals surface area contributed by atoms with E-state index in [0.717, 1.165) is 10.4 Å². The molecule has 2 aromatic heterocycles. The van der Waals surface area contributed by atoms with Crippen LogP contribution in [-0.2, 0) is 27.7 Å². The van der Waals surface area contributed by atoms with Crippen LogP contribution >= 0.6 is 11.3 Å². The van der Waals surface area contributed by atoms with Crippen molar-refractivity contribution in [3.8, 4) is 11.4 Å². The Morgan fingerprint density at radius 1 is 1.21 bits per heavy atom. The molecule has 0 saturated carbocycles. The Labute approximate surface area is 166 Å². The molecule has 4 rings (SSSR count). The van der Waals surface area contributed by atoms with Gasteiger partial charge in [0.05, 0.1) is 18.1 Å². The fourth-order valence-electron chi connectivity index (χ4n) is 3.24. The first kappa shape index (κ1) is 18.8. The van der Waals surface area contributed by atoms with Crippen molar-refractivity contribution in [3.05, 3.63) is 52.7 Å². The van der Waals surface area contributed by atoms with Crippen LogP contribution in [0.5, 0.6) is 0 Å². The first-order chi connectivity index (χ1) is 13.5. The van der Waals surface area contributed by atoms with Crippen molar-refractivity contribution in [3.63, 3.8) is 0 Å². The van der Waals surface area contributed by atoms with Crippen LogP contribution in [0.2, 0.25) is 0 Å². The number of nitrogens with zero attached hydrogens (tertiary/aromatic N) is 5. The van der Waals surface area contributed by atoms with E-state index >= 15 is 0 Å². The molecule has 1 amide bonds. The summed E-state index contributed by atoms with van der Waals surface area (Å²) in [5.74, 6) is 0.352. The minimum absolute atomic E-state index is 0.00413. The molecule has 146 valence electrons. The number of carbonyl (C=O) groups is 1. The van der Waals surface area contributed by atoms with Gasteiger partial charge in [0.1, 0.15) is 6.54 Å². The highest BCUT2D eigenvalue weighted by molar-refractivity contribution is 7.91. The van der Waals surface area contributed by atoms with Crippen LogP contribution in [0.15, 0.2) is 47.8 Å². The lowest BCUT2D eigenvalue weighted by Crippen LogP contribution is -2.42. The number of amides is 1. The molecular weight excluding hydrogens is 398 g/mol. The molecular formula is C18H19N5O3S2. The lowest BCUT2D eigenvalue weighted by Gasteiger charge is -2.27. The predicted molar refractivity (Wildman–Crippen MR) is 105 cm³/mol. The summed E-state index contributed by atoms with van der Waals surface area (Å²) >= 11 is 1.54. The van der Waals surface area contributed by atoms with Crippen molar-refractivity contribution in [2.45, 2.75) is 25.6 Å². The molecule has 1 aliphatic rings. The van der Waals surface area contributed by atoms with Crippen molar-refractivity contribution in [2.75, 3.05) is 11.5 Å². The fourth-order valence-corrected chi connectivity index (χ4v) is 5.67. The minimum Gasteiger partial charge on any atom is -0.332 e. The molecule has 0 spiro atoms. The molecule has 1 atom stereocenters. The number of benzene rings is 1. The average Bonchev–Trinajstić information content (AvgIpc) is 3.42. The van der Waals surface area contributed by atoms with Gasteiger partial charge >= 0.3 is 0 Å². The summed E-state index contributed by atoms with van der Waals surface area (Å²) in [5.41, 5.74) is 0.818. The first-order valence-electron chi connectivity index (χ1n) is 8.86. The zero-order chi connectivity index (χ0) is 19.6. The van der Waals surface area contributed by atoms with E-state index in [-0.39, 0.29) is 30.0 Å².